The van der Waals surface area contributed by atoms with Crippen LogP contribution in [0.1, 0.15) is 44.8 Å². The third kappa shape index (κ3) is 4.06. The minimum atomic E-state index is -1.15. The summed E-state index contributed by atoms with van der Waals surface area (Å²) in [6.45, 7) is 0.448. The zero-order chi connectivity index (χ0) is 27.3. The predicted octanol–water partition coefficient (Wildman–Crippen LogP) is -2.73. The van der Waals surface area contributed by atoms with Gasteiger partial charge in [0, 0.05) is 31.9 Å². The van der Waals surface area contributed by atoms with E-state index in [1.54, 1.807) is 36.3 Å². The Balaban J connectivity index is 1.24. The molecule has 204 valence electrons. The second-order valence-electron chi connectivity index (χ2n) is 10.7. The number of fused-ring (bicyclic) bond motifs is 1. The molecule has 4 aliphatic rings. The predicted molar refractivity (Wildman–Crippen MR) is 143 cm³/mol. The number of rotatable bonds is 5. The quantitative estimate of drug-likeness (QED) is 0.240. The summed E-state index contributed by atoms with van der Waals surface area (Å²) in [5, 5.41) is 18.0. The number of nitrogens with two attached hydrogens (primary N) is 2. The zero-order valence-corrected chi connectivity index (χ0v) is 21.8. The van der Waals surface area contributed by atoms with Crippen LogP contribution in [0.2, 0.25) is 0 Å². The van der Waals surface area contributed by atoms with Crippen molar-refractivity contribution in [1.82, 2.24) is 25.4 Å². The number of hydrogen-bond donors (Lipinski definition) is 6. The number of benzene rings is 1. The largest absolute Gasteiger partial charge is 0.385 e. The minimum absolute atomic E-state index is 0.201. The van der Waals surface area contributed by atoms with Crippen molar-refractivity contribution in [3.8, 4) is 0 Å². The molecule has 1 aromatic carbocycles. The highest BCUT2D eigenvalue weighted by atomic mass is 16.3. The first-order valence-corrected chi connectivity index (χ1v) is 13.3. The van der Waals surface area contributed by atoms with Crippen molar-refractivity contribution >= 4 is 23.7 Å². The van der Waals surface area contributed by atoms with Gasteiger partial charge in [0.25, 0.3) is 11.8 Å². The molecule has 1 aliphatic carbocycles. The molecule has 4 heterocycles. The van der Waals surface area contributed by atoms with Gasteiger partial charge in [0.05, 0.1) is 6.04 Å². The summed E-state index contributed by atoms with van der Waals surface area (Å²) in [7, 11) is 1.67. The van der Waals surface area contributed by atoms with Crippen LogP contribution in [0.25, 0.3) is 0 Å². The van der Waals surface area contributed by atoms with Crippen molar-refractivity contribution < 1.29 is 19.7 Å². The SMILES string of the molecule is CN(C[C@@H]1N=C(N)N2CC(NC(=O)c3cccc4c3CCCC4)[C@@H](O)[C@@]23NC(N)=[NH+][C@@H]13)C(=O)c1ccccn1. The van der Waals surface area contributed by atoms with E-state index in [0.717, 1.165) is 31.2 Å². The lowest BCUT2D eigenvalue weighted by Crippen LogP contribution is -2.88. The molecule has 12 nitrogen and oxygen atoms in total. The zero-order valence-electron chi connectivity index (χ0n) is 21.8. The average Bonchev–Trinajstić information content (AvgIpc) is 3.44. The Morgan fingerprint density at radius 2 is 2.05 bits per heavy atom. The van der Waals surface area contributed by atoms with Gasteiger partial charge >= 0.3 is 5.96 Å². The van der Waals surface area contributed by atoms with Gasteiger partial charge in [-0.2, -0.15) is 0 Å². The number of carbonyl (C=O) groups is 2. The van der Waals surface area contributed by atoms with Crippen LogP contribution in [-0.2, 0) is 12.8 Å². The van der Waals surface area contributed by atoms with Crippen molar-refractivity contribution in [3.05, 3.63) is 65.0 Å². The van der Waals surface area contributed by atoms with Gasteiger partial charge in [0.1, 0.15) is 17.8 Å². The van der Waals surface area contributed by atoms with E-state index < -0.39 is 29.9 Å². The maximum atomic E-state index is 13.5. The van der Waals surface area contributed by atoms with E-state index in [-0.39, 0.29) is 36.8 Å². The van der Waals surface area contributed by atoms with Gasteiger partial charge in [-0.1, -0.05) is 18.2 Å². The van der Waals surface area contributed by atoms with E-state index in [0.29, 0.717) is 11.3 Å². The molecular formula is C27H34N9O3+. The summed E-state index contributed by atoms with van der Waals surface area (Å²) >= 11 is 0. The summed E-state index contributed by atoms with van der Waals surface area (Å²) in [6, 6.07) is 9.30. The number of amides is 2. The molecule has 1 saturated heterocycles. The van der Waals surface area contributed by atoms with Gasteiger partial charge in [-0.05, 0) is 55.0 Å². The number of aryl methyl sites for hydroxylation is 1. The van der Waals surface area contributed by atoms with Crippen LogP contribution in [-0.4, -0.2) is 93.7 Å². The molecule has 1 unspecified atom stereocenters. The van der Waals surface area contributed by atoms with E-state index in [4.69, 9.17) is 11.5 Å². The van der Waals surface area contributed by atoms with Gasteiger partial charge in [-0.3, -0.25) is 25.3 Å². The van der Waals surface area contributed by atoms with Crippen LogP contribution in [0, 0.1) is 0 Å². The fraction of sp³-hybridized carbons (Fsp3) is 0.444. The Morgan fingerprint density at radius 3 is 2.85 bits per heavy atom. The fourth-order valence-electron chi connectivity index (χ4n) is 6.56. The summed E-state index contributed by atoms with van der Waals surface area (Å²) < 4.78 is 0. The molecule has 2 aromatic rings. The number of aromatic nitrogens is 1. The van der Waals surface area contributed by atoms with Crippen LogP contribution < -0.4 is 27.1 Å². The molecule has 1 fully saturated rings. The summed E-state index contributed by atoms with van der Waals surface area (Å²) in [5.41, 5.74) is 14.8. The number of aliphatic hydroxyl groups excluding tert-OH is 1. The third-order valence-corrected chi connectivity index (χ3v) is 8.39. The first-order valence-electron chi connectivity index (χ1n) is 13.3. The number of aliphatic imine (C=N–C) groups is 1. The molecule has 8 N–H and O–H groups in total. The van der Waals surface area contributed by atoms with Crippen LogP contribution in [0.4, 0.5) is 0 Å². The fourth-order valence-corrected chi connectivity index (χ4v) is 6.56. The Kier molecular flexibility index (Phi) is 6.13. The number of nitrogens with zero attached hydrogens (tertiary/aromatic N) is 4. The number of carbonyl (C=O) groups excluding carboxylic acids is 2. The highest BCUT2D eigenvalue weighted by Gasteiger charge is 2.68. The lowest BCUT2D eigenvalue weighted by atomic mass is 9.87. The van der Waals surface area contributed by atoms with E-state index in [2.05, 4.69) is 31.7 Å². The molecule has 5 atom stereocenters. The van der Waals surface area contributed by atoms with Crippen molar-refractivity contribution in [2.45, 2.75) is 55.6 Å². The van der Waals surface area contributed by atoms with Gasteiger partial charge in [-0.25, -0.2) is 10.3 Å². The van der Waals surface area contributed by atoms with E-state index >= 15 is 0 Å². The lowest BCUT2D eigenvalue weighted by Gasteiger charge is -2.44. The summed E-state index contributed by atoms with van der Waals surface area (Å²) in [6.07, 6.45) is 4.51. The number of hydrogen-bond acceptors (Lipinski definition) is 9. The topological polar surface area (TPSA) is 176 Å². The van der Waals surface area contributed by atoms with Gasteiger partial charge in [0.2, 0.25) is 5.66 Å². The van der Waals surface area contributed by atoms with Crippen LogP contribution in [0.3, 0.4) is 0 Å². The van der Waals surface area contributed by atoms with E-state index in [1.807, 2.05) is 12.1 Å². The second-order valence-corrected chi connectivity index (χ2v) is 10.7. The number of likely N-dealkylation sites (N-methyl/N-ethyl adjacent to an activating group) is 1. The van der Waals surface area contributed by atoms with Gasteiger partial charge in [-0.15, -0.1) is 0 Å². The second kappa shape index (κ2) is 9.53. The van der Waals surface area contributed by atoms with Crippen molar-refractivity contribution in [3.63, 3.8) is 0 Å². The van der Waals surface area contributed by atoms with Crippen molar-refractivity contribution in [1.29, 1.82) is 0 Å². The molecule has 1 aromatic heterocycles. The van der Waals surface area contributed by atoms with E-state index in [1.165, 1.54) is 10.5 Å². The standard InChI is InChI=1S/C27H33N9O3/c1-35(24(39)18-11-4-5-12-30-18)13-19-21-27(34-25(28)33-21)22(37)20(14-36(27)26(29)32-19)31-23(38)17-10-6-8-15-7-2-3-9-16(15)17/h4-6,8,10-12,19-22,37H,2-3,7,9,13-14H2,1H3,(H2,29,32)(H,31,38)(H3,28,33,34)/p+1/t19-,20?,21-,22+,27-/m0/s1. The van der Waals surface area contributed by atoms with Crippen molar-refractivity contribution in [2.75, 3.05) is 20.1 Å². The number of pyridine rings is 1. The molecule has 39 heavy (non-hydrogen) atoms. The molecule has 12 heteroatoms. The smallest absolute Gasteiger partial charge is 0.343 e. The van der Waals surface area contributed by atoms with Gasteiger partial charge in [0.15, 0.2) is 12.0 Å². The molecule has 0 bridgehead atoms. The number of guanidine groups is 2. The van der Waals surface area contributed by atoms with Crippen LogP contribution in [0.15, 0.2) is 47.6 Å². The Hall–Kier alpha value is -4.19. The van der Waals surface area contributed by atoms with E-state index in [9.17, 15) is 14.7 Å². The molecule has 3 aliphatic heterocycles. The third-order valence-electron chi connectivity index (χ3n) is 8.39. The molecule has 0 radical (unpaired) electrons. The molecule has 2 amide bonds. The van der Waals surface area contributed by atoms with Crippen LogP contribution >= 0.6 is 0 Å². The average molecular weight is 533 g/mol. The van der Waals surface area contributed by atoms with Gasteiger partial charge < -0.3 is 26.0 Å². The Labute approximate surface area is 226 Å². The maximum Gasteiger partial charge on any atom is 0.343 e. The summed E-state index contributed by atoms with van der Waals surface area (Å²) in [5.74, 6) is -0.0121. The summed E-state index contributed by atoms with van der Waals surface area (Å²) in [4.78, 5) is 41.8. The van der Waals surface area contributed by atoms with Crippen molar-refractivity contribution in [2.24, 2.45) is 16.5 Å². The minimum Gasteiger partial charge on any atom is -0.385 e. The number of aliphatic hydroxyl groups is 1. The first-order chi connectivity index (χ1) is 18.8. The number of nitrogens with one attached hydrogen (secondary N) is 3. The molecule has 0 saturated carbocycles. The Bertz CT molecular complexity index is 1360. The highest BCUT2D eigenvalue weighted by Crippen LogP contribution is 2.36. The Morgan fingerprint density at radius 1 is 1.23 bits per heavy atom. The normalized spacial score (nSPS) is 28.8. The maximum absolute atomic E-state index is 13.5. The lowest BCUT2D eigenvalue weighted by molar-refractivity contribution is -0.514. The van der Waals surface area contributed by atoms with Crippen LogP contribution in [0.5, 0.6) is 0 Å². The highest BCUT2D eigenvalue weighted by molar-refractivity contribution is 5.96. The first kappa shape index (κ1) is 25.1. The molecule has 1 spiro atoms. The monoisotopic (exact) mass is 532 g/mol. The molecule has 6 rings (SSSR count). The molecular weight excluding hydrogens is 498 g/mol.